The Kier molecular flexibility index (Phi) is 5.55. The lowest BCUT2D eigenvalue weighted by Gasteiger charge is -2.38. The number of rotatable bonds is 3. The minimum Gasteiger partial charge on any atom is -0.389 e. The summed E-state index contributed by atoms with van der Waals surface area (Å²) in [6.07, 6.45) is 3.44. The number of fused-ring (bicyclic) bond motifs is 2. The summed E-state index contributed by atoms with van der Waals surface area (Å²) in [7, 11) is 0. The van der Waals surface area contributed by atoms with Gasteiger partial charge in [0.25, 0.3) is 0 Å². The molecule has 2 aliphatic heterocycles. The molecule has 3 aliphatic rings. The van der Waals surface area contributed by atoms with Crippen LogP contribution in [-0.2, 0) is 27.1 Å². The molecule has 0 saturated carbocycles. The molecule has 0 bridgehead atoms. The Bertz CT molecular complexity index is 613. The molecule has 2 heterocycles. The lowest BCUT2D eigenvalue weighted by atomic mass is 9.96. The Morgan fingerprint density at radius 3 is 2.73 bits per heavy atom. The van der Waals surface area contributed by atoms with E-state index < -0.39 is 6.10 Å². The highest BCUT2D eigenvalue weighted by molar-refractivity contribution is 5.77. The van der Waals surface area contributed by atoms with Gasteiger partial charge in [0, 0.05) is 18.6 Å². The van der Waals surface area contributed by atoms with Crippen LogP contribution >= 0.6 is 0 Å². The molecule has 0 aromatic heterocycles. The van der Waals surface area contributed by atoms with Crippen LogP contribution in [0.2, 0.25) is 0 Å². The summed E-state index contributed by atoms with van der Waals surface area (Å²) < 4.78 is 11.7. The zero-order chi connectivity index (χ0) is 17.9. The number of carbonyl (C=O) groups excluding carboxylic acids is 1. The number of carbonyl (C=O) groups is 1. The van der Waals surface area contributed by atoms with Crippen LogP contribution in [0.25, 0.3) is 0 Å². The van der Waals surface area contributed by atoms with E-state index in [2.05, 4.69) is 34.9 Å². The van der Waals surface area contributed by atoms with E-state index in [1.807, 2.05) is 0 Å². The van der Waals surface area contributed by atoms with E-state index in [-0.39, 0.29) is 30.2 Å². The van der Waals surface area contributed by atoms with Gasteiger partial charge in [0.1, 0.15) is 0 Å². The molecule has 3 N–H and O–H groups in total. The third kappa shape index (κ3) is 4.26. The summed E-state index contributed by atoms with van der Waals surface area (Å²) in [6.45, 7) is 1.32. The number of β-amino-alcohol motifs (C(OH)–C–C–N with tert-alkyl or cyclic N) is 1. The van der Waals surface area contributed by atoms with Crippen molar-refractivity contribution in [3.05, 3.63) is 35.4 Å². The third-order valence-corrected chi connectivity index (χ3v) is 5.65. The molecule has 1 aromatic rings. The molecule has 1 aromatic carbocycles. The SMILES string of the molecule is O=C(C[C@H]1CC[C@H]2NC[C@H](O)COC[C@@H]2O1)NC1Cc2ccccc2C1. The molecule has 6 heteroatoms. The Labute approximate surface area is 154 Å². The smallest absolute Gasteiger partial charge is 0.222 e. The number of aliphatic hydroxyl groups is 1. The van der Waals surface area contributed by atoms with Crippen LogP contribution in [0.5, 0.6) is 0 Å². The molecule has 4 atom stereocenters. The fourth-order valence-electron chi connectivity index (χ4n) is 4.32. The summed E-state index contributed by atoms with van der Waals surface area (Å²) in [6, 6.07) is 8.78. The zero-order valence-electron chi connectivity index (χ0n) is 15.0. The maximum absolute atomic E-state index is 12.5. The van der Waals surface area contributed by atoms with Gasteiger partial charge in [0.2, 0.25) is 5.91 Å². The summed E-state index contributed by atoms with van der Waals surface area (Å²) in [5.41, 5.74) is 2.68. The molecule has 2 saturated heterocycles. The number of nitrogens with one attached hydrogen (secondary N) is 2. The molecular formula is C20H28N2O4. The summed E-state index contributed by atoms with van der Waals surface area (Å²) in [5.74, 6) is 0.0707. The average Bonchev–Trinajstić information content (AvgIpc) is 3.01. The molecule has 142 valence electrons. The highest BCUT2D eigenvalue weighted by atomic mass is 16.5. The van der Waals surface area contributed by atoms with Gasteiger partial charge < -0.3 is 25.2 Å². The van der Waals surface area contributed by atoms with Crippen molar-refractivity contribution >= 4 is 5.91 Å². The molecule has 1 amide bonds. The Morgan fingerprint density at radius 2 is 1.96 bits per heavy atom. The van der Waals surface area contributed by atoms with E-state index >= 15 is 0 Å². The highest BCUT2D eigenvalue weighted by Crippen LogP contribution is 2.25. The summed E-state index contributed by atoms with van der Waals surface area (Å²) in [5, 5.41) is 16.2. The Hall–Kier alpha value is -1.47. The first kappa shape index (κ1) is 17.9. The minimum atomic E-state index is -0.463. The van der Waals surface area contributed by atoms with Gasteiger partial charge >= 0.3 is 0 Å². The standard InChI is InChI=1S/C20H28N2O4/c23-16-10-21-18-6-5-17(26-19(18)12-25-11-16)9-20(24)22-15-7-13-3-1-2-4-14(13)8-15/h1-4,15-19,21,23H,5-12H2,(H,22,24)/t16-,17+,18+,19-/m0/s1. The third-order valence-electron chi connectivity index (χ3n) is 5.65. The predicted octanol–water partition coefficient (Wildman–Crippen LogP) is 0.557. The molecule has 1 aliphatic carbocycles. The molecule has 26 heavy (non-hydrogen) atoms. The number of hydrogen-bond acceptors (Lipinski definition) is 5. The summed E-state index contributed by atoms with van der Waals surface area (Å²) in [4.78, 5) is 12.5. The van der Waals surface area contributed by atoms with Crippen molar-refractivity contribution in [3.63, 3.8) is 0 Å². The van der Waals surface area contributed by atoms with Crippen LogP contribution in [0.4, 0.5) is 0 Å². The van der Waals surface area contributed by atoms with Crippen molar-refractivity contribution < 1.29 is 19.4 Å². The van der Waals surface area contributed by atoms with E-state index in [1.165, 1.54) is 11.1 Å². The van der Waals surface area contributed by atoms with Crippen molar-refractivity contribution in [1.29, 1.82) is 0 Å². The molecule has 2 fully saturated rings. The second-order valence-corrected chi connectivity index (χ2v) is 7.73. The van der Waals surface area contributed by atoms with E-state index in [4.69, 9.17) is 9.47 Å². The highest BCUT2D eigenvalue weighted by Gasteiger charge is 2.34. The second-order valence-electron chi connectivity index (χ2n) is 7.73. The molecule has 6 nitrogen and oxygen atoms in total. The maximum atomic E-state index is 12.5. The Balaban J connectivity index is 1.25. The molecular weight excluding hydrogens is 332 g/mol. The first-order valence-electron chi connectivity index (χ1n) is 9.68. The topological polar surface area (TPSA) is 79.8 Å². The van der Waals surface area contributed by atoms with Crippen LogP contribution in [0.1, 0.15) is 30.4 Å². The van der Waals surface area contributed by atoms with Gasteiger partial charge in [-0.1, -0.05) is 24.3 Å². The lowest BCUT2D eigenvalue weighted by molar-refractivity contribution is -0.138. The minimum absolute atomic E-state index is 0.0511. The molecule has 4 rings (SSSR count). The quantitative estimate of drug-likeness (QED) is 0.734. The second kappa shape index (κ2) is 8.05. The van der Waals surface area contributed by atoms with Gasteiger partial charge in [-0.25, -0.2) is 0 Å². The van der Waals surface area contributed by atoms with Crippen molar-refractivity contribution in [2.45, 2.75) is 62.5 Å². The fraction of sp³-hybridized carbons (Fsp3) is 0.650. The van der Waals surface area contributed by atoms with Gasteiger partial charge in [-0.15, -0.1) is 0 Å². The van der Waals surface area contributed by atoms with Gasteiger partial charge in [-0.05, 0) is 36.8 Å². The van der Waals surface area contributed by atoms with Crippen molar-refractivity contribution in [1.82, 2.24) is 10.6 Å². The summed E-state index contributed by atoms with van der Waals surface area (Å²) >= 11 is 0. The van der Waals surface area contributed by atoms with Gasteiger partial charge in [0.15, 0.2) is 0 Å². The largest absolute Gasteiger partial charge is 0.389 e. The van der Waals surface area contributed by atoms with E-state index in [0.29, 0.717) is 26.2 Å². The molecule has 0 spiro atoms. The van der Waals surface area contributed by atoms with Crippen LogP contribution in [0.3, 0.4) is 0 Å². The van der Waals surface area contributed by atoms with E-state index in [9.17, 15) is 9.90 Å². The van der Waals surface area contributed by atoms with Crippen LogP contribution in [0.15, 0.2) is 24.3 Å². The van der Waals surface area contributed by atoms with Crippen LogP contribution in [0, 0.1) is 0 Å². The number of aliphatic hydroxyl groups excluding tert-OH is 1. The van der Waals surface area contributed by atoms with E-state index in [0.717, 1.165) is 25.7 Å². The van der Waals surface area contributed by atoms with Gasteiger partial charge in [-0.2, -0.15) is 0 Å². The normalized spacial score (nSPS) is 32.2. The average molecular weight is 360 g/mol. The van der Waals surface area contributed by atoms with Crippen LogP contribution < -0.4 is 10.6 Å². The molecule has 0 radical (unpaired) electrons. The number of ether oxygens (including phenoxy) is 2. The van der Waals surface area contributed by atoms with Gasteiger partial charge in [0.05, 0.1) is 37.9 Å². The lowest BCUT2D eigenvalue weighted by Crippen LogP contribution is -2.54. The predicted molar refractivity (Wildman–Crippen MR) is 96.9 cm³/mol. The van der Waals surface area contributed by atoms with Crippen molar-refractivity contribution in [3.8, 4) is 0 Å². The van der Waals surface area contributed by atoms with Crippen molar-refractivity contribution in [2.24, 2.45) is 0 Å². The number of amides is 1. The van der Waals surface area contributed by atoms with Crippen molar-refractivity contribution in [2.75, 3.05) is 19.8 Å². The fourth-order valence-corrected chi connectivity index (χ4v) is 4.32. The van der Waals surface area contributed by atoms with Gasteiger partial charge in [-0.3, -0.25) is 4.79 Å². The first-order chi connectivity index (χ1) is 12.7. The molecule has 0 unspecified atom stereocenters. The van der Waals surface area contributed by atoms with E-state index in [1.54, 1.807) is 0 Å². The Morgan fingerprint density at radius 1 is 1.19 bits per heavy atom. The number of hydrogen-bond donors (Lipinski definition) is 3. The maximum Gasteiger partial charge on any atom is 0.222 e. The number of benzene rings is 1. The first-order valence-corrected chi connectivity index (χ1v) is 9.68. The zero-order valence-corrected chi connectivity index (χ0v) is 15.0. The monoisotopic (exact) mass is 360 g/mol. The van der Waals surface area contributed by atoms with Crippen LogP contribution in [-0.4, -0.2) is 61.2 Å².